The molecule has 0 aliphatic heterocycles. The van der Waals surface area contributed by atoms with E-state index in [0.717, 1.165) is 5.56 Å². The molecule has 5 heteroatoms. The molecule has 122 valence electrons. The zero-order valence-corrected chi connectivity index (χ0v) is 14.8. The van der Waals surface area contributed by atoms with Crippen LogP contribution >= 0.6 is 23.2 Å². The summed E-state index contributed by atoms with van der Waals surface area (Å²) in [6.45, 7) is 5.93. The summed E-state index contributed by atoms with van der Waals surface area (Å²) in [5.41, 5.74) is 2.78. The van der Waals surface area contributed by atoms with Crippen molar-refractivity contribution in [3.05, 3.63) is 57.6 Å². The van der Waals surface area contributed by atoms with Gasteiger partial charge in [0, 0.05) is 5.02 Å². The summed E-state index contributed by atoms with van der Waals surface area (Å²) in [6.07, 6.45) is -0.0659. The summed E-state index contributed by atoms with van der Waals surface area (Å²) in [6, 6.07) is 10.7. The van der Waals surface area contributed by atoms with E-state index in [4.69, 9.17) is 27.9 Å². The van der Waals surface area contributed by atoms with Gasteiger partial charge in [-0.25, -0.2) is 0 Å². The van der Waals surface area contributed by atoms with Crippen LogP contribution in [-0.2, 0) is 4.79 Å². The van der Waals surface area contributed by atoms with Crippen molar-refractivity contribution in [2.75, 3.05) is 5.32 Å². The number of hydrogen-bond acceptors (Lipinski definition) is 2. The molecule has 1 atom stereocenters. The van der Waals surface area contributed by atoms with Crippen LogP contribution in [0.1, 0.15) is 24.5 Å². The number of benzene rings is 2. The van der Waals surface area contributed by atoms with Crippen LogP contribution in [0.3, 0.4) is 0 Å². The molecule has 0 aliphatic carbocycles. The Morgan fingerprint density at radius 2 is 1.87 bits per heavy atom. The first-order chi connectivity index (χ1) is 10.9. The molecule has 0 aromatic heterocycles. The van der Waals surface area contributed by atoms with Gasteiger partial charge in [0.2, 0.25) is 0 Å². The average Bonchev–Trinajstić information content (AvgIpc) is 2.51. The zero-order chi connectivity index (χ0) is 17.0. The minimum Gasteiger partial charge on any atom is -0.481 e. The van der Waals surface area contributed by atoms with E-state index in [0.29, 0.717) is 27.9 Å². The summed E-state index contributed by atoms with van der Waals surface area (Å²) in [7, 11) is 0. The van der Waals surface area contributed by atoms with E-state index in [-0.39, 0.29) is 5.91 Å². The fourth-order valence-corrected chi connectivity index (χ4v) is 2.42. The van der Waals surface area contributed by atoms with E-state index in [1.165, 1.54) is 5.56 Å². The Hall–Kier alpha value is -1.71. The maximum absolute atomic E-state index is 12.4. The maximum Gasteiger partial charge on any atom is 0.265 e. The highest BCUT2D eigenvalue weighted by molar-refractivity contribution is 6.35. The highest BCUT2D eigenvalue weighted by Gasteiger charge is 2.19. The lowest BCUT2D eigenvalue weighted by molar-refractivity contribution is -0.122. The van der Waals surface area contributed by atoms with Gasteiger partial charge in [-0.2, -0.15) is 0 Å². The van der Waals surface area contributed by atoms with E-state index in [2.05, 4.69) is 5.32 Å². The predicted octanol–water partition coefficient (Wildman–Crippen LogP) is 5.41. The predicted molar refractivity (Wildman–Crippen MR) is 95.7 cm³/mol. The third-order valence-electron chi connectivity index (χ3n) is 3.61. The molecule has 1 N–H and O–H groups in total. The Labute approximate surface area is 146 Å². The van der Waals surface area contributed by atoms with Crippen LogP contribution in [-0.4, -0.2) is 12.0 Å². The molecule has 3 nitrogen and oxygen atoms in total. The Kier molecular flexibility index (Phi) is 5.91. The second-order valence-corrected chi connectivity index (χ2v) is 6.22. The third-order valence-corrected chi connectivity index (χ3v) is 4.17. The Balaban J connectivity index is 2.11. The number of amides is 1. The van der Waals surface area contributed by atoms with Crippen molar-refractivity contribution in [1.29, 1.82) is 0 Å². The molecule has 2 aromatic carbocycles. The number of hydrogen-bond donors (Lipinski definition) is 1. The molecule has 0 bridgehead atoms. The summed E-state index contributed by atoms with van der Waals surface area (Å²) in [4.78, 5) is 12.4. The highest BCUT2D eigenvalue weighted by Crippen LogP contribution is 2.26. The van der Waals surface area contributed by atoms with Gasteiger partial charge in [0.1, 0.15) is 5.75 Å². The largest absolute Gasteiger partial charge is 0.481 e. The Morgan fingerprint density at radius 3 is 2.52 bits per heavy atom. The van der Waals surface area contributed by atoms with Gasteiger partial charge < -0.3 is 10.1 Å². The fraction of sp³-hybridized carbons (Fsp3) is 0.278. The molecule has 2 aromatic rings. The van der Waals surface area contributed by atoms with Crippen molar-refractivity contribution < 1.29 is 9.53 Å². The minimum atomic E-state index is -0.604. The first-order valence-corrected chi connectivity index (χ1v) is 8.16. The Bertz CT molecular complexity index is 716. The van der Waals surface area contributed by atoms with Crippen molar-refractivity contribution in [2.24, 2.45) is 0 Å². The van der Waals surface area contributed by atoms with Crippen LogP contribution in [0, 0.1) is 13.8 Å². The number of ether oxygens (including phenoxy) is 1. The van der Waals surface area contributed by atoms with Crippen molar-refractivity contribution in [1.82, 2.24) is 0 Å². The summed E-state index contributed by atoms with van der Waals surface area (Å²) in [5.74, 6) is 0.419. The molecule has 1 amide bonds. The second kappa shape index (κ2) is 7.71. The number of rotatable bonds is 5. The third kappa shape index (κ3) is 4.63. The molecule has 23 heavy (non-hydrogen) atoms. The van der Waals surface area contributed by atoms with Gasteiger partial charge in [-0.15, -0.1) is 0 Å². The Morgan fingerprint density at radius 1 is 1.13 bits per heavy atom. The van der Waals surface area contributed by atoms with Gasteiger partial charge in [-0.05, 0) is 61.7 Å². The summed E-state index contributed by atoms with van der Waals surface area (Å²) in [5, 5.41) is 3.71. The van der Waals surface area contributed by atoms with Gasteiger partial charge in [0.05, 0.1) is 10.7 Å². The number of carbonyl (C=O) groups is 1. The number of nitrogens with one attached hydrogen (secondary N) is 1. The van der Waals surface area contributed by atoms with E-state index < -0.39 is 6.10 Å². The van der Waals surface area contributed by atoms with Crippen LogP contribution in [0.4, 0.5) is 5.69 Å². The topological polar surface area (TPSA) is 38.3 Å². The van der Waals surface area contributed by atoms with Crippen LogP contribution in [0.15, 0.2) is 36.4 Å². The minimum absolute atomic E-state index is 0.255. The highest BCUT2D eigenvalue weighted by atomic mass is 35.5. The lowest BCUT2D eigenvalue weighted by Gasteiger charge is -2.18. The SMILES string of the molecule is CC[C@@H](Oc1ccc(C)c(C)c1)C(=O)Nc1cc(Cl)ccc1Cl. The normalized spacial score (nSPS) is 11.9. The molecule has 0 unspecified atom stereocenters. The van der Waals surface area contributed by atoms with E-state index in [9.17, 15) is 4.79 Å². The molecular weight excluding hydrogens is 333 g/mol. The molecule has 0 saturated carbocycles. The van der Waals surface area contributed by atoms with Gasteiger partial charge in [-0.3, -0.25) is 4.79 Å². The van der Waals surface area contributed by atoms with E-state index in [1.54, 1.807) is 18.2 Å². The molecule has 0 fully saturated rings. The van der Waals surface area contributed by atoms with Gasteiger partial charge >= 0.3 is 0 Å². The second-order valence-electron chi connectivity index (χ2n) is 5.37. The number of halogens is 2. The summed E-state index contributed by atoms with van der Waals surface area (Å²) < 4.78 is 5.82. The molecule has 0 aliphatic rings. The number of aryl methyl sites for hydroxylation is 2. The van der Waals surface area contributed by atoms with E-state index in [1.807, 2.05) is 39.0 Å². The lowest BCUT2D eigenvalue weighted by atomic mass is 10.1. The molecule has 0 radical (unpaired) electrons. The van der Waals surface area contributed by atoms with Gasteiger partial charge in [-0.1, -0.05) is 36.2 Å². The lowest BCUT2D eigenvalue weighted by Crippen LogP contribution is -2.32. The van der Waals surface area contributed by atoms with Crippen LogP contribution in [0.25, 0.3) is 0 Å². The smallest absolute Gasteiger partial charge is 0.265 e. The van der Waals surface area contributed by atoms with Crippen LogP contribution in [0.2, 0.25) is 10.0 Å². The molecule has 0 spiro atoms. The van der Waals surface area contributed by atoms with Gasteiger partial charge in [0.25, 0.3) is 5.91 Å². The zero-order valence-electron chi connectivity index (χ0n) is 13.3. The van der Waals surface area contributed by atoms with Crippen molar-refractivity contribution in [3.8, 4) is 5.75 Å². The first kappa shape index (κ1) is 17.6. The number of anilines is 1. The van der Waals surface area contributed by atoms with Crippen LogP contribution in [0.5, 0.6) is 5.75 Å². The average molecular weight is 352 g/mol. The fourth-order valence-electron chi connectivity index (χ4n) is 2.08. The quantitative estimate of drug-likeness (QED) is 0.782. The molecular formula is C18H19Cl2NO2. The molecule has 2 rings (SSSR count). The van der Waals surface area contributed by atoms with Crippen LogP contribution < -0.4 is 10.1 Å². The standard InChI is InChI=1S/C18H19Cl2NO2/c1-4-17(23-14-7-5-11(2)12(3)9-14)18(22)21-16-10-13(19)6-8-15(16)20/h5-10,17H,4H2,1-3H3,(H,21,22)/t17-/m1/s1. The number of carbonyl (C=O) groups excluding carboxylic acids is 1. The van der Waals surface area contributed by atoms with E-state index >= 15 is 0 Å². The van der Waals surface area contributed by atoms with Crippen molar-refractivity contribution >= 4 is 34.8 Å². The maximum atomic E-state index is 12.4. The monoisotopic (exact) mass is 351 g/mol. The molecule has 0 saturated heterocycles. The van der Waals surface area contributed by atoms with Crippen molar-refractivity contribution in [3.63, 3.8) is 0 Å². The molecule has 0 heterocycles. The van der Waals surface area contributed by atoms with Crippen molar-refractivity contribution in [2.45, 2.75) is 33.3 Å². The van der Waals surface area contributed by atoms with Gasteiger partial charge in [0.15, 0.2) is 6.10 Å². The first-order valence-electron chi connectivity index (χ1n) is 7.40. The summed E-state index contributed by atoms with van der Waals surface area (Å²) >= 11 is 12.0.